The Morgan fingerprint density at radius 3 is 2.19 bits per heavy atom. The van der Waals surface area contributed by atoms with Crippen molar-refractivity contribution < 1.29 is 31.2 Å². The first-order chi connectivity index (χ1) is 17.1. The Labute approximate surface area is 216 Å². The molecule has 0 aliphatic heterocycles. The number of benzene rings is 2. The molecule has 0 aliphatic carbocycles. The van der Waals surface area contributed by atoms with Gasteiger partial charge in [-0.1, -0.05) is 35.9 Å². The predicted molar refractivity (Wildman–Crippen MR) is 137 cm³/mol. The van der Waals surface area contributed by atoms with E-state index in [4.69, 9.17) is 0 Å². The number of hydrogen-bond acceptors (Lipinski definition) is 4. The lowest BCUT2D eigenvalue weighted by Gasteiger charge is -2.30. The minimum absolute atomic E-state index is 0.0467. The molecular formula is C26H34F3N3O4S. The lowest BCUT2D eigenvalue weighted by Crippen LogP contribution is -2.49. The maximum Gasteiger partial charge on any atom is 0.416 e. The van der Waals surface area contributed by atoms with Crippen LogP contribution in [0.1, 0.15) is 50.3 Å². The van der Waals surface area contributed by atoms with E-state index in [1.54, 1.807) is 6.92 Å². The summed E-state index contributed by atoms with van der Waals surface area (Å²) in [5.74, 6) is -0.693. The second-order valence-electron chi connectivity index (χ2n) is 9.33. The number of alkyl halides is 3. The van der Waals surface area contributed by atoms with Crippen molar-refractivity contribution in [2.75, 3.05) is 17.1 Å². The van der Waals surface area contributed by atoms with E-state index < -0.39 is 27.8 Å². The van der Waals surface area contributed by atoms with Crippen molar-refractivity contribution in [3.8, 4) is 0 Å². The molecule has 0 aromatic heterocycles. The van der Waals surface area contributed by atoms with Gasteiger partial charge in [0.05, 0.1) is 17.5 Å². The Kier molecular flexibility index (Phi) is 10.1. The van der Waals surface area contributed by atoms with Crippen LogP contribution in [0.4, 0.5) is 18.9 Å². The number of rotatable bonds is 11. The molecule has 0 saturated heterocycles. The minimum atomic E-state index is -4.63. The fourth-order valence-corrected chi connectivity index (χ4v) is 4.68. The number of nitrogens with zero attached hydrogens (tertiary/aromatic N) is 2. The number of halogens is 3. The van der Waals surface area contributed by atoms with Crippen LogP contribution in [0.3, 0.4) is 0 Å². The van der Waals surface area contributed by atoms with Crippen molar-refractivity contribution in [3.63, 3.8) is 0 Å². The molecule has 0 heterocycles. The number of aryl methyl sites for hydroxylation is 1. The van der Waals surface area contributed by atoms with Crippen LogP contribution in [0.2, 0.25) is 0 Å². The summed E-state index contributed by atoms with van der Waals surface area (Å²) in [5, 5.41) is 2.79. The van der Waals surface area contributed by atoms with Crippen LogP contribution in [0.15, 0.2) is 48.5 Å². The van der Waals surface area contributed by atoms with Gasteiger partial charge in [0.2, 0.25) is 21.8 Å². The molecule has 2 aromatic rings. The third-order valence-corrected chi connectivity index (χ3v) is 6.88. The topological polar surface area (TPSA) is 86.8 Å². The first-order valence-corrected chi connectivity index (χ1v) is 13.7. The lowest BCUT2D eigenvalue weighted by atomic mass is 10.1. The molecule has 0 unspecified atom stereocenters. The molecule has 0 bridgehead atoms. The molecule has 204 valence electrons. The summed E-state index contributed by atoms with van der Waals surface area (Å²) >= 11 is 0. The van der Waals surface area contributed by atoms with Gasteiger partial charge in [0.1, 0.15) is 6.04 Å². The minimum Gasteiger partial charge on any atom is -0.352 e. The lowest BCUT2D eigenvalue weighted by molar-refractivity contribution is -0.140. The van der Waals surface area contributed by atoms with E-state index in [-0.39, 0.29) is 49.5 Å². The quantitative estimate of drug-likeness (QED) is 0.454. The molecule has 2 amide bonds. The first-order valence-electron chi connectivity index (χ1n) is 11.9. The number of anilines is 1. The van der Waals surface area contributed by atoms with Crippen molar-refractivity contribution in [1.82, 2.24) is 10.2 Å². The SMILES string of the molecule is Cc1ccc(CN(C(=O)CCCN(c2cccc(C(F)(F)F)c2)S(C)(=O)=O)[C@@H](C)C(=O)NC(C)C)cc1. The monoisotopic (exact) mass is 541 g/mol. The molecule has 0 saturated carbocycles. The zero-order valence-corrected chi connectivity index (χ0v) is 22.5. The third kappa shape index (κ3) is 9.07. The molecule has 37 heavy (non-hydrogen) atoms. The van der Waals surface area contributed by atoms with Crippen LogP contribution in [0, 0.1) is 6.92 Å². The van der Waals surface area contributed by atoms with E-state index in [0.29, 0.717) is 0 Å². The molecule has 0 aliphatic rings. The van der Waals surface area contributed by atoms with Crippen molar-refractivity contribution in [3.05, 3.63) is 65.2 Å². The van der Waals surface area contributed by atoms with Gasteiger partial charge in [-0.05, 0) is 57.9 Å². The fraction of sp³-hybridized carbons (Fsp3) is 0.462. The van der Waals surface area contributed by atoms with Crippen LogP contribution in [0.25, 0.3) is 0 Å². The molecule has 0 radical (unpaired) electrons. The molecular weight excluding hydrogens is 507 g/mol. The zero-order valence-electron chi connectivity index (χ0n) is 21.7. The standard InChI is InChI=1S/C26H34F3N3O4S/c1-18(2)30-25(34)20(4)31(17-21-13-11-19(3)12-14-21)24(33)10-7-15-32(37(5,35)36)23-9-6-8-22(16-23)26(27,28)29/h6,8-9,11-14,16,18,20H,7,10,15,17H2,1-5H3,(H,30,34)/t20-/m0/s1. The highest BCUT2D eigenvalue weighted by Crippen LogP contribution is 2.32. The number of nitrogens with one attached hydrogen (secondary N) is 1. The van der Waals surface area contributed by atoms with Gasteiger partial charge in [0.15, 0.2) is 0 Å². The molecule has 7 nitrogen and oxygen atoms in total. The first kappa shape index (κ1) is 30.1. The maximum atomic E-state index is 13.2. The van der Waals surface area contributed by atoms with E-state index in [2.05, 4.69) is 5.32 Å². The van der Waals surface area contributed by atoms with E-state index >= 15 is 0 Å². The smallest absolute Gasteiger partial charge is 0.352 e. The average molecular weight is 542 g/mol. The van der Waals surface area contributed by atoms with Crippen LogP contribution < -0.4 is 9.62 Å². The largest absolute Gasteiger partial charge is 0.416 e. The van der Waals surface area contributed by atoms with Crippen LogP contribution >= 0.6 is 0 Å². The van der Waals surface area contributed by atoms with Gasteiger partial charge in [-0.3, -0.25) is 13.9 Å². The Bertz CT molecular complexity index is 1180. The summed E-state index contributed by atoms with van der Waals surface area (Å²) in [6.07, 6.45) is -3.78. The highest BCUT2D eigenvalue weighted by molar-refractivity contribution is 7.92. The zero-order chi connectivity index (χ0) is 28.0. The van der Waals surface area contributed by atoms with Crippen LogP contribution in [-0.4, -0.2) is 50.0 Å². The highest BCUT2D eigenvalue weighted by atomic mass is 32.2. The second kappa shape index (κ2) is 12.4. The van der Waals surface area contributed by atoms with Crippen molar-refractivity contribution in [1.29, 1.82) is 0 Å². The maximum absolute atomic E-state index is 13.2. The van der Waals surface area contributed by atoms with Gasteiger partial charge in [-0.2, -0.15) is 13.2 Å². The number of sulfonamides is 1. The van der Waals surface area contributed by atoms with Gasteiger partial charge in [0, 0.05) is 25.6 Å². The number of amides is 2. The summed E-state index contributed by atoms with van der Waals surface area (Å²) in [4.78, 5) is 27.3. The number of carbonyl (C=O) groups is 2. The predicted octanol–water partition coefficient (Wildman–Crippen LogP) is 4.50. The molecule has 2 aromatic carbocycles. The van der Waals surface area contributed by atoms with Crippen LogP contribution in [0.5, 0.6) is 0 Å². The molecule has 0 spiro atoms. The van der Waals surface area contributed by atoms with E-state index in [1.807, 2.05) is 45.0 Å². The van der Waals surface area contributed by atoms with Crippen molar-refractivity contribution in [2.24, 2.45) is 0 Å². The van der Waals surface area contributed by atoms with E-state index in [0.717, 1.165) is 39.9 Å². The average Bonchev–Trinajstić information content (AvgIpc) is 2.79. The van der Waals surface area contributed by atoms with Crippen molar-refractivity contribution >= 4 is 27.5 Å². The van der Waals surface area contributed by atoms with Gasteiger partial charge in [0.25, 0.3) is 0 Å². The highest BCUT2D eigenvalue weighted by Gasteiger charge is 2.32. The molecule has 2 rings (SSSR count). The Morgan fingerprint density at radius 1 is 1.03 bits per heavy atom. The Hall–Kier alpha value is -3.08. The Balaban J connectivity index is 2.21. The van der Waals surface area contributed by atoms with E-state index in [9.17, 15) is 31.2 Å². The number of hydrogen-bond donors (Lipinski definition) is 1. The summed E-state index contributed by atoms with van der Waals surface area (Å²) < 4.78 is 65.0. The van der Waals surface area contributed by atoms with Gasteiger partial charge < -0.3 is 10.2 Å². The van der Waals surface area contributed by atoms with Crippen LogP contribution in [-0.2, 0) is 32.3 Å². The molecule has 0 fully saturated rings. The van der Waals surface area contributed by atoms with Gasteiger partial charge in [-0.25, -0.2) is 8.42 Å². The van der Waals surface area contributed by atoms with E-state index in [1.165, 1.54) is 11.0 Å². The Morgan fingerprint density at radius 2 is 1.65 bits per heavy atom. The number of carbonyl (C=O) groups excluding carboxylic acids is 2. The summed E-state index contributed by atoms with van der Waals surface area (Å²) in [7, 11) is -3.92. The second-order valence-corrected chi connectivity index (χ2v) is 11.2. The molecule has 1 N–H and O–H groups in total. The summed E-state index contributed by atoms with van der Waals surface area (Å²) in [5.41, 5.74) is 0.766. The van der Waals surface area contributed by atoms with Crippen molar-refractivity contribution in [2.45, 2.75) is 65.3 Å². The molecule has 1 atom stereocenters. The van der Waals surface area contributed by atoms with Gasteiger partial charge >= 0.3 is 6.18 Å². The third-order valence-electron chi connectivity index (χ3n) is 5.69. The normalized spacial score (nSPS) is 12.8. The molecule has 11 heteroatoms. The fourth-order valence-electron chi connectivity index (χ4n) is 3.72. The summed E-state index contributed by atoms with van der Waals surface area (Å²) in [6.45, 7) is 7.15. The van der Waals surface area contributed by atoms with Gasteiger partial charge in [-0.15, -0.1) is 0 Å². The summed E-state index contributed by atoms with van der Waals surface area (Å²) in [6, 6.07) is 10.7.